The molecule has 0 aromatic heterocycles. The van der Waals surface area contributed by atoms with Crippen molar-refractivity contribution in [1.29, 1.82) is 0 Å². The lowest BCUT2D eigenvalue weighted by atomic mass is 10.1. The molecule has 9 nitrogen and oxygen atoms in total. The van der Waals surface area contributed by atoms with Gasteiger partial charge >= 0.3 is 0 Å². The summed E-state index contributed by atoms with van der Waals surface area (Å²) in [5.41, 5.74) is 0.743. The highest BCUT2D eigenvalue weighted by Crippen LogP contribution is 2.23. The van der Waals surface area contributed by atoms with Crippen LogP contribution in [0.5, 0.6) is 11.5 Å². The van der Waals surface area contributed by atoms with Crippen molar-refractivity contribution in [3.8, 4) is 11.5 Å². The van der Waals surface area contributed by atoms with Crippen LogP contribution in [0.25, 0.3) is 0 Å². The van der Waals surface area contributed by atoms with Crippen LogP contribution in [0.3, 0.4) is 0 Å². The molecule has 2 aromatic rings. The number of phenolic OH excluding ortho intramolecular Hbond substituents is 2. The average molecular weight is 423 g/mol. The fourth-order valence-electron chi connectivity index (χ4n) is 3.89. The quantitative estimate of drug-likeness (QED) is 0.713. The number of carbonyl (C=O) groups is 4. The number of amides is 4. The molecule has 2 aliphatic rings. The number of imide groups is 1. The molecule has 2 aliphatic heterocycles. The zero-order valence-electron chi connectivity index (χ0n) is 16.7. The zero-order chi connectivity index (χ0) is 22.1. The van der Waals surface area contributed by atoms with E-state index in [0.717, 1.165) is 11.0 Å². The first-order chi connectivity index (χ1) is 14.8. The molecule has 2 heterocycles. The Morgan fingerprint density at radius 2 is 1.35 bits per heavy atom. The van der Waals surface area contributed by atoms with Crippen LogP contribution in [0.2, 0.25) is 0 Å². The van der Waals surface area contributed by atoms with Gasteiger partial charge in [-0.15, -0.1) is 0 Å². The van der Waals surface area contributed by atoms with Crippen LogP contribution < -0.4 is 0 Å². The van der Waals surface area contributed by atoms with Crippen molar-refractivity contribution in [1.82, 2.24) is 14.7 Å². The summed E-state index contributed by atoms with van der Waals surface area (Å²) in [7, 11) is 0. The Morgan fingerprint density at radius 1 is 0.806 bits per heavy atom. The lowest BCUT2D eigenvalue weighted by molar-refractivity contribution is -0.131. The van der Waals surface area contributed by atoms with Crippen molar-refractivity contribution in [3.05, 3.63) is 59.2 Å². The van der Waals surface area contributed by atoms with Crippen LogP contribution >= 0.6 is 0 Å². The van der Waals surface area contributed by atoms with E-state index >= 15 is 0 Å². The lowest BCUT2D eigenvalue weighted by Crippen LogP contribution is -2.44. The van der Waals surface area contributed by atoms with E-state index in [1.165, 1.54) is 17.0 Å². The molecule has 0 atom stereocenters. The summed E-state index contributed by atoms with van der Waals surface area (Å²) in [5, 5.41) is 19.2. The molecule has 31 heavy (non-hydrogen) atoms. The number of hydrogen-bond donors (Lipinski definition) is 2. The Bertz CT molecular complexity index is 1030. The van der Waals surface area contributed by atoms with Crippen LogP contribution in [-0.2, 0) is 4.79 Å². The van der Waals surface area contributed by atoms with Gasteiger partial charge in [0, 0.05) is 37.8 Å². The number of aromatic hydroxyl groups is 2. The average Bonchev–Trinajstić information content (AvgIpc) is 2.92. The van der Waals surface area contributed by atoms with E-state index in [1.807, 2.05) is 0 Å². The largest absolute Gasteiger partial charge is 0.508 e. The molecular weight excluding hydrogens is 402 g/mol. The first-order valence-electron chi connectivity index (χ1n) is 9.90. The molecule has 1 saturated heterocycles. The highest BCUT2D eigenvalue weighted by molar-refractivity contribution is 6.22. The fourth-order valence-corrected chi connectivity index (χ4v) is 3.89. The van der Waals surface area contributed by atoms with Gasteiger partial charge in [-0.3, -0.25) is 24.1 Å². The van der Waals surface area contributed by atoms with E-state index in [-0.39, 0.29) is 48.5 Å². The molecular formula is C22H21N3O6. The summed E-state index contributed by atoms with van der Waals surface area (Å²) in [6, 6.07) is 10.2. The lowest BCUT2D eigenvalue weighted by Gasteiger charge is -2.24. The van der Waals surface area contributed by atoms with Crippen LogP contribution in [0.1, 0.15) is 37.5 Å². The Kier molecular flexibility index (Phi) is 5.33. The molecule has 9 heteroatoms. The molecule has 0 unspecified atom stereocenters. The van der Waals surface area contributed by atoms with Crippen molar-refractivity contribution in [2.75, 3.05) is 32.7 Å². The first kappa shape index (κ1) is 20.4. The number of fused-ring (bicyclic) bond motifs is 1. The summed E-state index contributed by atoms with van der Waals surface area (Å²) >= 11 is 0. The second-order valence-corrected chi connectivity index (χ2v) is 7.51. The van der Waals surface area contributed by atoms with Gasteiger partial charge in [-0.05, 0) is 30.7 Å². The van der Waals surface area contributed by atoms with Gasteiger partial charge in [0.1, 0.15) is 18.0 Å². The molecule has 0 bridgehead atoms. The molecule has 4 rings (SSSR count). The molecule has 0 aliphatic carbocycles. The zero-order valence-corrected chi connectivity index (χ0v) is 16.7. The van der Waals surface area contributed by atoms with Gasteiger partial charge in [-0.1, -0.05) is 12.1 Å². The maximum Gasteiger partial charge on any atom is 0.262 e. The SMILES string of the molecule is O=C(CN1C(=O)c2ccccc2C1=O)N1CCCN(C(=O)c2cc(O)cc(O)c2)CC1. The van der Waals surface area contributed by atoms with E-state index in [2.05, 4.69) is 0 Å². The molecule has 2 aromatic carbocycles. The maximum absolute atomic E-state index is 12.8. The Balaban J connectivity index is 1.40. The third kappa shape index (κ3) is 3.94. The van der Waals surface area contributed by atoms with E-state index in [9.17, 15) is 29.4 Å². The molecule has 0 saturated carbocycles. The standard InChI is InChI=1S/C22H21N3O6/c26-15-10-14(11-16(27)12-15)20(29)24-7-3-6-23(8-9-24)19(28)13-25-21(30)17-4-1-2-5-18(17)22(25)31/h1-2,4-5,10-12,26-27H,3,6-9,13H2. The van der Waals surface area contributed by atoms with Gasteiger partial charge < -0.3 is 20.0 Å². The number of hydrogen-bond acceptors (Lipinski definition) is 6. The normalized spacial score (nSPS) is 16.3. The Labute approximate surface area is 178 Å². The second-order valence-electron chi connectivity index (χ2n) is 7.51. The number of carbonyl (C=O) groups excluding carboxylic acids is 4. The number of phenols is 2. The third-order valence-electron chi connectivity index (χ3n) is 5.46. The molecule has 4 amide bonds. The summed E-state index contributed by atoms with van der Waals surface area (Å²) in [4.78, 5) is 54.5. The van der Waals surface area contributed by atoms with Crippen molar-refractivity contribution in [3.63, 3.8) is 0 Å². The minimum absolute atomic E-state index is 0.156. The second kappa shape index (κ2) is 8.10. The predicted molar refractivity (Wildman–Crippen MR) is 109 cm³/mol. The first-order valence-corrected chi connectivity index (χ1v) is 9.90. The van der Waals surface area contributed by atoms with Gasteiger partial charge in [0.2, 0.25) is 5.91 Å². The number of benzene rings is 2. The summed E-state index contributed by atoms with van der Waals surface area (Å²) in [6.45, 7) is 0.936. The topological polar surface area (TPSA) is 118 Å². The monoisotopic (exact) mass is 423 g/mol. The third-order valence-corrected chi connectivity index (χ3v) is 5.46. The number of rotatable bonds is 3. The van der Waals surface area contributed by atoms with Crippen molar-refractivity contribution in [2.45, 2.75) is 6.42 Å². The highest BCUT2D eigenvalue weighted by atomic mass is 16.3. The fraction of sp³-hybridized carbons (Fsp3) is 0.273. The minimum atomic E-state index is -0.482. The molecule has 1 fully saturated rings. The van der Waals surface area contributed by atoms with Crippen molar-refractivity contribution >= 4 is 23.6 Å². The van der Waals surface area contributed by atoms with E-state index in [0.29, 0.717) is 30.6 Å². The van der Waals surface area contributed by atoms with E-state index < -0.39 is 11.8 Å². The minimum Gasteiger partial charge on any atom is -0.508 e. The number of nitrogens with zero attached hydrogens (tertiary/aromatic N) is 3. The molecule has 0 radical (unpaired) electrons. The van der Waals surface area contributed by atoms with Crippen LogP contribution in [0, 0.1) is 0 Å². The Morgan fingerprint density at radius 3 is 1.97 bits per heavy atom. The van der Waals surface area contributed by atoms with Crippen molar-refractivity contribution in [2.24, 2.45) is 0 Å². The predicted octanol–water partition coefficient (Wildman–Crippen LogP) is 1.07. The smallest absolute Gasteiger partial charge is 0.262 e. The van der Waals surface area contributed by atoms with Crippen molar-refractivity contribution < 1.29 is 29.4 Å². The van der Waals surface area contributed by atoms with Gasteiger partial charge in [0.25, 0.3) is 17.7 Å². The van der Waals surface area contributed by atoms with E-state index in [1.54, 1.807) is 29.2 Å². The van der Waals surface area contributed by atoms with Gasteiger partial charge in [0.15, 0.2) is 0 Å². The van der Waals surface area contributed by atoms with Gasteiger partial charge in [-0.2, -0.15) is 0 Å². The summed E-state index contributed by atoms with van der Waals surface area (Å²) in [6.07, 6.45) is 0.518. The summed E-state index contributed by atoms with van der Waals surface area (Å²) < 4.78 is 0. The summed E-state index contributed by atoms with van der Waals surface area (Å²) in [5.74, 6) is -2.11. The van der Waals surface area contributed by atoms with Crippen LogP contribution in [-0.4, -0.2) is 81.3 Å². The van der Waals surface area contributed by atoms with Crippen LogP contribution in [0.4, 0.5) is 0 Å². The maximum atomic E-state index is 12.8. The Hall–Kier alpha value is -3.88. The van der Waals surface area contributed by atoms with Crippen LogP contribution in [0.15, 0.2) is 42.5 Å². The van der Waals surface area contributed by atoms with E-state index in [4.69, 9.17) is 0 Å². The highest BCUT2D eigenvalue weighted by Gasteiger charge is 2.37. The molecule has 160 valence electrons. The molecule has 0 spiro atoms. The molecule has 2 N–H and O–H groups in total. The van der Waals surface area contributed by atoms with Gasteiger partial charge in [0.05, 0.1) is 11.1 Å². The van der Waals surface area contributed by atoms with Gasteiger partial charge in [-0.25, -0.2) is 0 Å².